The minimum Gasteiger partial charge on any atom is -0.466 e. The minimum atomic E-state index is -4.79. The van der Waals surface area contributed by atoms with Crippen molar-refractivity contribution in [1.29, 1.82) is 0 Å². The number of aromatic nitrogens is 2. The van der Waals surface area contributed by atoms with E-state index in [4.69, 9.17) is 9.47 Å². The zero-order valence-electron chi connectivity index (χ0n) is 18.3. The Bertz CT molecular complexity index is 954. The fourth-order valence-electron chi connectivity index (χ4n) is 4.36. The molecule has 1 aliphatic carbocycles. The third-order valence-corrected chi connectivity index (χ3v) is 5.91. The van der Waals surface area contributed by atoms with Crippen LogP contribution in [-0.4, -0.2) is 28.3 Å². The summed E-state index contributed by atoms with van der Waals surface area (Å²) in [5.74, 6) is -1.82. The largest absolute Gasteiger partial charge is 0.466 e. The second-order valence-corrected chi connectivity index (χ2v) is 8.64. The third-order valence-electron chi connectivity index (χ3n) is 5.91. The predicted molar refractivity (Wildman–Crippen MR) is 110 cm³/mol. The standard InChI is InChI=1S/C23H27F3N2O4/c1-4-31-21(30)18-11-10-16(12-22(18,2)3)28-19(23(24,25)26)17(13-27-28)20(29)32-14-15-8-6-5-7-9-15/h5-9,13,16,18H,4,10-12,14H2,1-3H3. The smallest absolute Gasteiger partial charge is 0.433 e. The molecule has 0 aliphatic heterocycles. The molecule has 2 atom stereocenters. The molecule has 0 bridgehead atoms. The molecule has 0 amide bonds. The highest BCUT2D eigenvalue weighted by atomic mass is 19.4. The van der Waals surface area contributed by atoms with Crippen molar-refractivity contribution < 1.29 is 32.2 Å². The Balaban J connectivity index is 1.83. The first-order valence-corrected chi connectivity index (χ1v) is 10.6. The van der Waals surface area contributed by atoms with Gasteiger partial charge in [-0.3, -0.25) is 9.48 Å². The van der Waals surface area contributed by atoms with Crippen LogP contribution in [0.2, 0.25) is 0 Å². The highest BCUT2D eigenvalue weighted by molar-refractivity contribution is 5.90. The van der Waals surface area contributed by atoms with Gasteiger partial charge < -0.3 is 9.47 Å². The molecule has 0 saturated heterocycles. The van der Waals surface area contributed by atoms with E-state index < -0.39 is 40.8 Å². The first-order chi connectivity index (χ1) is 15.0. The maximum absolute atomic E-state index is 14.0. The molecular weight excluding hydrogens is 425 g/mol. The van der Waals surface area contributed by atoms with Gasteiger partial charge in [-0.25, -0.2) is 4.79 Å². The summed E-state index contributed by atoms with van der Waals surface area (Å²) >= 11 is 0. The Morgan fingerprint density at radius 3 is 2.44 bits per heavy atom. The highest BCUT2D eigenvalue weighted by Crippen LogP contribution is 2.47. The lowest BCUT2D eigenvalue weighted by molar-refractivity contribution is -0.156. The second-order valence-electron chi connectivity index (χ2n) is 8.64. The lowest BCUT2D eigenvalue weighted by Gasteiger charge is -2.41. The average Bonchev–Trinajstić information content (AvgIpc) is 3.18. The summed E-state index contributed by atoms with van der Waals surface area (Å²) in [6.45, 7) is 5.51. The number of nitrogens with zero attached hydrogens (tertiary/aromatic N) is 2. The Labute approximate surface area is 184 Å². The van der Waals surface area contributed by atoms with Crippen LogP contribution in [-0.2, 0) is 27.1 Å². The van der Waals surface area contributed by atoms with E-state index in [0.29, 0.717) is 24.8 Å². The van der Waals surface area contributed by atoms with Crippen molar-refractivity contribution in [3.63, 3.8) is 0 Å². The van der Waals surface area contributed by atoms with Crippen molar-refractivity contribution >= 4 is 11.9 Å². The number of halogens is 3. The van der Waals surface area contributed by atoms with Crippen LogP contribution in [0, 0.1) is 11.3 Å². The topological polar surface area (TPSA) is 70.4 Å². The van der Waals surface area contributed by atoms with Crippen LogP contribution in [0.1, 0.15) is 67.7 Å². The van der Waals surface area contributed by atoms with Gasteiger partial charge in [0.25, 0.3) is 0 Å². The Hall–Kier alpha value is -2.84. The summed E-state index contributed by atoms with van der Waals surface area (Å²) in [5.41, 5.74) is -1.65. The number of rotatable bonds is 6. The Kier molecular flexibility index (Phi) is 6.95. The van der Waals surface area contributed by atoms with Gasteiger partial charge in [0.05, 0.1) is 24.8 Å². The minimum absolute atomic E-state index is 0.139. The van der Waals surface area contributed by atoms with Gasteiger partial charge in [0.2, 0.25) is 0 Å². The van der Waals surface area contributed by atoms with Gasteiger partial charge in [-0.2, -0.15) is 18.3 Å². The number of ether oxygens (including phenoxy) is 2. The molecule has 9 heteroatoms. The van der Waals surface area contributed by atoms with Gasteiger partial charge in [-0.15, -0.1) is 0 Å². The zero-order chi connectivity index (χ0) is 23.5. The molecule has 1 saturated carbocycles. The highest BCUT2D eigenvalue weighted by Gasteiger charge is 2.46. The van der Waals surface area contributed by atoms with Crippen LogP contribution in [0.15, 0.2) is 36.5 Å². The molecule has 1 aliphatic rings. The molecule has 174 valence electrons. The zero-order valence-corrected chi connectivity index (χ0v) is 18.3. The van der Waals surface area contributed by atoms with Gasteiger partial charge in [-0.05, 0) is 37.2 Å². The van der Waals surface area contributed by atoms with E-state index in [-0.39, 0.29) is 19.2 Å². The van der Waals surface area contributed by atoms with E-state index in [1.165, 1.54) is 0 Å². The fraction of sp³-hybridized carbons (Fsp3) is 0.522. The van der Waals surface area contributed by atoms with E-state index in [0.717, 1.165) is 10.9 Å². The van der Waals surface area contributed by atoms with E-state index in [9.17, 15) is 22.8 Å². The molecule has 0 radical (unpaired) electrons. The number of alkyl halides is 3. The molecule has 1 heterocycles. The van der Waals surface area contributed by atoms with E-state index in [1.54, 1.807) is 37.3 Å². The van der Waals surface area contributed by atoms with Gasteiger partial charge in [0, 0.05) is 0 Å². The molecule has 1 fully saturated rings. The molecule has 1 aromatic carbocycles. The molecule has 2 aromatic rings. The van der Waals surface area contributed by atoms with Crippen molar-refractivity contribution in [2.75, 3.05) is 6.61 Å². The van der Waals surface area contributed by atoms with Crippen LogP contribution >= 0.6 is 0 Å². The fourth-order valence-corrected chi connectivity index (χ4v) is 4.36. The number of carbonyl (C=O) groups is 2. The van der Waals surface area contributed by atoms with Gasteiger partial charge in [-0.1, -0.05) is 44.2 Å². The molecule has 6 nitrogen and oxygen atoms in total. The summed E-state index contributed by atoms with van der Waals surface area (Å²) in [4.78, 5) is 24.8. The van der Waals surface area contributed by atoms with Crippen LogP contribution < -0.4 is 0 Å². The lowest BCUT2D eigenvalue weighted by Crippen LogP contribution is -2.39. The third kappa shape index (κ3) is 5.14. The lowest BCUT2D eigenvalue weighted by atomic mass is 9.67. The van der Waals surface area contributed by atoms with Crippen LogP contribution in [0.25, 0.3) is 0 Å². The summed E-state index contributed by atoms with van der Waals surface area (Å²) < 4.78 is 53.1. The summed E-state index contributed by atoms with van der Waals surface area (Å²) in [5, 5.41) is 3.93. The number of esters is 2. The maximum Gasteiger partial charge on any atom is 0.433 e. The first-order valence-electron chi connectivity index (χ1n) is 10.6. The van der Waals surface area contributed by atoms with Crippen molar-refractivity contribution in [2.24, 2.45) is 11.3 Å². The van der Waals surface area contributed by atoms with Crippen LogP contribution in [0.4, 0.5) is 13.2 Å². The summed E-state index contributed by atoms with van der Waals surface area (Å²) in [7, 11) is 0. The SMILES string of the molecule is CCOC(=O)C1CCC(n2ncc(C(=O)OCc3ccccc3)c2C(F)(F)F)CC1(C)C. The summed E-state index contributed by atoms with van der Waals surface area (Å²) in [6.07, 6.45) is -2.89. The number of hydrogen-bond acceptors (Lipinski definition) is 5. The van der Waals surface area contributed by atoms with Crippen LogP contribution in [0.3, 0.4) is 0 Å². The van der Waals surface area contributed by atoms with Crippen molar-refractivity contribution in [3.05, 3.63) is 53.3 Å². The predicted octanol–water partition coefficient (Wildman–Crippen LogP) is 5.19. The molecule has 0 spiro atoms. The van der Waals surface area contributed by atoms with E-state index in [1.807, 2.05) is 13.8 Å². The Morgan fingerprint density at radius 2 is 1.84 bits per heavy atom. The maximum atomic E-state index is 14.0. The van der Waals surface area contributed by atoms with Crippen molar-refractivity contribution in [1.82, 2.24) is 9.78 Å². The monoisotopic (exact) mass is 452 g/mol. The number of benzene rings is 1. The molecular formula is C23H27F3N2O4. The quantitative estimate of drug-likeness (QED) is 0.564. The van der Waals surface area contributed by atoms with Gasteiger partial charge in [0.1, 0.15) is 12.2 Å². The first kappa shape index (κ1) is 23.8. The molecule has 0 N–H and O–H groups in total. The Morgan fingerprint density at radius 1 is 1.16 bits per heavy atom. The van der Waals surface area contributed by atoms with E-state index in [2.05, 4.69) is 5.10 Å². The molecule has 3 rings (SSSR count). The number of hydrogen-bond donors (Lipinski definition) is 0. The van der Waals surface area contributed by atoms with Crippen LogP contribution in [0.5, 0.6) is 0 Å². The molecule has 32 heavy (non-hydrogen) atoms. The second kappa shape index (κ2) is 9.34. The van der Waals surface area contributed by atoms with Gasteiger partial charge >= 0.3 is 18.1 Å². The average molecular weight is 452 g/mol. The van der Waals surface area contributed by atoms with E-state index >= 15 is 0 Å². The molecule has 2 unspecified atom stereocenters. The van der Waals surface area contributed by atoms with Crippen molar-refractivity contribution in [3.8, 4) is 0 Å². The normalized spacial score (nSPS) is 20.6. The van der Waals surface area contributed by atoms with Gasteiger partial charge in [0.15, 0.2) is 5.69 Å². The number of carbonyl (C=O) groups excluding carboxylic acids is 2. The summed E-state index contributed by atoms with van der Waals surface area (Å²) in [6, 6.07) is 8.10. The molecule has 1 aromatic heterocycles. The van der Waals surface area contributed by atoms with Crippen molar-refractivity contribution in [2.45, 2.75) is 58.9 Å².